The van der Waals surface area contributed by atoms with Crippen molar-refractivity contribution in [1.29, 1.82) is 0 Å². The number of nitrogens with zero attached hydrogens (tertiary/aromatic N) is 18. The van der Waals surface area contributed by atoms with Gasteiger partial charge in [0.1, 0.15) is 74.7 Å². The number of rotatable bonds is 18. The van der Waals surface area contributed by atoms with E-state index in [-0.39, 0.29) is 20.2 Å². The van der Waals surface area contributed by atoms with Gasteiger partial charge in [-0.3, -0.25) is 4.90 Å². The molecule has 8 aromatic carbocycles. The lowest BCUT2D eigenvalue weighted by molar-refractivity contribution is 0.238. The molecule has 0 spiro atoms. The Morgan fingerprint density at radius 1 is 0.395 bits per heavy atom. The molecule has 0 aliphatic carbocycles. The number of aryl methyl sites for hydroxylation is 12. The summed E-state index contributed by atoms with van der Waals surface area (Å²) in [6.07, 6.45) is 5.34. The number of hydrogen-bond donors (Lipinski definition) is 6. The highest BCUT2D eigenvalue weighted by molar-refractivity contribution is 9.69. The van der Waals surface area contributed by atoms with Gasteiger partial charge < -0.3 is 69.7 Å². The van der Waals surface area contributed by atoms with Crippen molar-refractivity contribution in [2.75, 3.05) is 98.7 Å². The molecule has 0 amide bonds. The van der Waals surface area contributed by atoms with Gasteiger partial charge in [0.2, 0.25) is 23.8 Å². The number of nitrogens with two attached hydrogens (primary N) is 2. The number of alkyl halides is 3. The summed E-state index contributed by atoms with van der Waals surface area (Å²) < 4.78 is 37.3. The third-order valence-electron chi connectivity index (χ3n) is 20.5. The van der Waals surface area contributed by atoms with Crippen molar-refractivity contribution in [1.82, 2.24) is 91.2 Å². The summed E-state index contributed by atoms with van der Waals surface area (Å²) in [6, 6.07) is 45.4. The first-order chi connectivity index (χ1) is 62.1. The zero-order valence-corrected chi connectivity index (χ0v) is 80.9. The molecule has 8 N–H and O–H groups in total. The van der Waals surface area contributed by atoms with Crippen molar-refractivity contribution >= 4 is 176 Å². The van der Waals surface area contributed by atoms with E-state index in [1.54, 1.807) is 50.6 Å². The molecule has 0 radical (unpaired) electrons. The van der Waals surface area contributed by atoms with Crippen LogP contribution in [0, 0.1) is 83.1 Å². The molecule has 16 aromatic rings. The van der Waals surface area contributed by atoms with Gasteiger partial charge in [-0.15, -0.1) is 123 Å². The molecule has 18 rings (SSSR count). The van der Waals surface area contributed by atoms with E-state index in [9.17, 15) is 5.11 Å². The lowest BCUT2D eigenvalue weighted by atomic mass is 10.0. The van der Waals surface area contributed by atoms with E-state index in [0.717, 1.165) is 205 Å². The number of fused-ring (bicyclic) bond motifs is 4. The monoisotopic (exact) mass is 2000 g/mol. The highest BCUT2D eigenvalue weighted by atomic mass is 79.9. The van der Waals surface area contributed by atoms with Gasteiger partial charge >= 0.3 is 3.18 Å². The number of aromatic nitrogens is 16. The summed E-state index contributed by atoms with van der Waals surface area (Å²) in [5.74, 6) is 8.09. The Morgan fingerprint density at radius 2 is 0.682 bits per heavy atom. The van der Waals surface area contributed by atoms with Crippen molar-refractivity contribution in [3.8, 4) is 67.5 Å². The van der Waals surface area contributed by atoms with Gasteiger partial charge in [-0.25, -0.2) is 19.9 Å². The van der Waals surface area contributed by atoms with E-state index in [4.69, 9.17) is 83.6 Å². The number of phenolic OH excluding ortho intramolecular Hbond substituents is 1. The Morgan fingerprint density at radius 3 is 0.984 bits per heavy atom. The van der Waals surface area contributed by atoms with Crippen LogP contribution in [0.3, 0.4) is 0 Å². The summed E-state index contributed by atoms with van der Waals surface area (Å²) in [5, 5.41) is 68.7. The molecule has 0 unspecified atom stereocenters. The van der Waals surface area contributed by atoms with Gasteiger partial charge in [0, 0.05) is 64.0 Å². The second-order valence-corrected chi connectivity index (χ2v) is 37.6. The van der Waals surface area contributed by atoms with Gasteiger partial charge in [-0.05, 0) is 325 Å². The summed E-state index contributed by atoms with van der Waals surface area (Å²) >= 11 is 24.4. The van der Waals surface area contributed by atoms with Crippen LogP contribution in [0.15, 0.2) is 164 Å². The number of likely N-dealkylation sites (tertiary alicyclic amines) is 2. The zero-order valence-electron chi connectivity index (χ0n) is 73.9. The minimum absolute atomic E-state index is 0.181. The number of ether oxygens (including phenoxy) is 3. The molecule has 0 atom stereocenters. The maximum Gasteiger partial charge on any atom is 0.369 e. The van der Waals surface area contributed by atoms with Crippen LogP contribution in [0.25, 0.3) is 88.6 Å². The molecule has 31 nitrogen and oxygen atoms in total. The number of halogens is 6. The first-order valence-electron chi connectivity index (χ1n) is 41.1. The maximum absolute atomic E-state index is 9.36. The second-order valence-electron chi connectivity index (χ2n) is 29.9. The summed E-state index contributed by atoms with van der Waals surface area (Å²) in [6.45, 7) is 31.0. The van der Waals surface area contributed by atoms with Crippen LogP contribution in [0.4, 0.5) is 46.5 Å². The molecule has 38 heteroatoms. The Labute approximate surface area is 787 Å². The lowest BCUT2D eigenvalue weighted by Crippen LogP contribution is -2.25. The third-order valence-corrected chi connectivity index (χ3v) is 20.6. The largest absolute Gasteiger partial charge is 0.508 e. The molecule has 2 aliphatic heterocycles. The topological polar surface area (TPSA) is 401 Å². The molecular weight excluding hydrogens is 1900 g/mol. The standard InChI is InChI=1S/C25H28N6O2.C20H19N5O2.C19H17N5O2.C13H13N5O.C7H9NO.C6H12ClN.CH2Cl2.BBr3/c1-16-14-19(23-17(2)30-33-18(23)3)15-22-24(16)27-25(29-28-22)26-20-6-8-21(9-7-20)32-13-12-31-10-4-5-11-31;1-11-9-14(18-12(2)25-27-13(18)3)10-17-19(11)22-20(24-23-17)21-15-5-7-16(26-4)8-6-15;1-10-8-13(17-11(2)24-26-12(17)3)9-16-18(10)21-19(23-22-16)20-14-4-6-15(25)7-5-14;1-6-4-9(11-7(2)18-19-8(11)3)5-10-12(6)15-13(14)17-16-10;1-9-7-4-2-6(8)3-5-7;7-3-6-8-4-1-2-5-8;2-1-3;2-1(3)4/h6-9,14-15H,4-5,10-13H2,1-3H3,(H,26,27,29);5-10H,1-4H3,(H,21,22,24);4-9,25H,1-3H3,(H,20,21,23);4-5H,1-3H3,(H2,14,15,17);2-5H,8H2,1H3;1-6H2;1H2;. The Kier molecular flexibility index (Phi) is 36.0. The normalized spacial score (nSPS) is 12.1. The van der Waals surface area contributed by atoms with Gasteiger partial charge in [-0.1, -0.05) is 20.6 Å². The third kappa shape index (κ3) is 27.4. The predicted octanol–water partition coefficient (Wildman–Crippen LogP) is 21.6. The van der Waals surface area contributed by atoms with Crippen LogP contribution in [0.2, 0.25) is 0 Å². The number of aromatic hydroxyl groups is 1. The smallest absolute Gasteiger partial charge is 0.369 e. The quantitative estimate of drug-likeness (QED) is 0.0201. The average molecular weight is 2000 g/mol. The van der Waals surface area contributed by atoms with Crippen molar-refractivity contribution < 1.29 is 37.4 Å². The van der Waals surface area contributed by atoms with Crippen LogP contribution in [-0.2, 0) is 0 Å². The molecular formula is C91H100BBr3Cl3N23O8. The molecule has 2 aliphatic rings. The zero-order chi connectivity index (χ0) is 92.4. The number of phenols is 1. The molecule has 129 heavy (non-hydrogen) atoms. The average Bonchev–Trinajstić information content (AvgIpc) is 1.78. The second kappa shape index (κ2) is 47.5. The van der Waals surface area contributed by atoms with Gasteiger partial charge in [-0.2, -0.15) is 0 Å². The van der Waals surface area contributed by atoms with Crippen molar-refractivity contribution in [3.63, 3.8) is 0 Å². The van der Waals surface area contributed by atoms with E-state index >= 15 is 0 Å². The highest BCUT2D eigenvalue weighted by Crippen LogP contribution is 2.37. The molecule has 0 bridgehead atoms. The van der Waals surface area contributed by atoms with Crippen molar-refractivity contribution in [2.24, 2.45) is 0 Å². The molecule has 8 aromatic heterocycles. The first kappa shape index (κ1) is 97.8. The minimum Gasteiger partial charge on any atom is -0.508 e. The number of nitrogen functional groups attached to an aromatic ring is 2. The van der Waals surface area contributed by atoms with Crippen molar-refractivity contribution in [3.05, 3.63) is 214 Å². The SMILES string of the molecule is BrB(Br)Br.COc1ccc(N)cc1.COc1ccc(Nc2nnc3cc(-c4c(C)noc4C)cc(C)c3n2)cc1.Cc1noc(C)c1-c1cc(C)c2nc(N)nnc2c1.Cc1noc(C)c1-c1cc(C)c2nc(Nc3ccc(O)cc3)nnc2c1.Cc1noc(C)c1-c1cc(C)c2nc(Nc3ccc(OCCN4CCCC4)cc3)nnc2c1.ClCCN1CCCC1.ClCCl. The summed E-state index contributed by atoms with van der Waals surface area (Å²) in [7, 11) is 3.27. The van der Waals surface area contributed by atoms with Gasteiger partial charge in [0.25, 0.3) is 0 Å². The fourth-order valence-electron chi connectivity index (χ4n) is 14.4. The summed E-state index contributed by atoms with van der Waals surface area (Å²) in [4.78, 5) is 23.0. The Balaban J connectivity index is 0.000000154. The van der Waals surface area contributed by atoms with Gasteiger partial charge in [0.05, 0.1) is 64.4 Å². The maximum atomic E-state index is 9.36. The van der Waals surface area contributed by atoms with Crippen LogP contribution in [0.5, 0.6) is 23.0 Å². The van der Waals surface area contributed by atoms with E-state index < -0.39 is 0 Å². The molecule has 672 valence electrons. The van der Waals surface area contributed by atoms with E-state index in [2.05, 4.69) is 162 Å². The number of hydrogen-bond acceptors (Lipinski definition) is 31. The molecule has 2 saturated heterocycles. The number of methoxy groups -OCH3 is 2. The predicted molar refractivity (Wildman–Crippen MR) is 524 cm³/mol. The van der Waals surface area contributed by atoms with Crippen LogP contribution >= 0.6 is 82.1 Å². The fraction of sp³-hybridized carbons (Fsp3) is 0.297. The molecule has 10 heterocycles. The van der Waals surface area contributed by atoms with E-state index in [1.807, 2.05) is 180 Å². The molecule has 0 saturated carbocycles. The number of nitrogens with one attached hydrogen (secondary N) is 3. The Bertz CT molecular complexity index is 6290. The number of benzene rings is 8. The summed E-state index contributed by atoms with van der Waals surface area (Å²) in [5.41, 5.74) is 35.7. The van der Waals surface area contributed by atoms with Crippen LogP contribution < -0.4 is 41.6 Å². The first-order valence-corrected chi connectivity index (χ1v) is 45.4. The van der Waals surface area contributed by atoms with Gasteiger partial charge in [0.15, 0.2) is 0 Å². The van der Waals surface area contributed by atoms with Crippen LogP contribution in [-0.4, -0.2) is 171 Å². The molecule has 2 fully saturated rings. The Hall–Kier alpha value is -11.8. The highest BCUT2D eigenvalue weighted by Gasteiger charge is 2.21. The minimum atomic E-state index is 0.181. The lowest BCUT2D eigenvalue weighted by Gasteiger charge is -2.15. The van der Waals surface area contributed by atoms with Crippen LogP contribution in [0.1, 0.15) is 93.8 Å². The van der Waals surface area contributed by atoms with Crippen molar-refractivity contribution in [2.45, 2.75) is 109 Å². The van der Waals surface area contributed by atoms with E-state index in [1.165, 1.54) is 51.9 Å². The number of anilines is 8. The fourth-order valence-corrected chi connectivity index (χ4v) is 14.7. The van der Waals surface area contributed by atoms with E-state index in [0.29, 0.717) is 35.5 Å².